The molecule has 23 heavy (non-hydrogen) atoms. The minimum Gasteiger partial charge on any atom is -0.497 e. The van der Waals surface area contributed by atoms with Crippen LogP contribution in [-0.2, 0) is 16.0 Å². The zero-order chi connectivity index (χ0) is 16.8. The van der Waals surface area contributed by atoms with Crippen molar-refractivity contribution < 1.29 is 19.1 Å². The second-order valence-corrected chi connectivity index (χ2v) is 5.58. The number of Topliss-reactive ketones (excluding diaryl/α,β-unsaturated/α-hetero) is 1. The third-order valence-electron chi connectivity index (χ3n) is 3.10. The van der Waals surface area contributed by atoms with Crippen LogP contribution in [0.3, 0.4) is 0 Å². The molecule has 0 aliphatic rings. The van der Waals surface area contributed by atoms with Gasteiger partial charge in [0, 0.05) is 10.6 Å². The van der Waals surface area contributed by atoms with Crippen LogP contribution in [0.5, 0.6) is 5.75 Å². The van der Waals surface area contributed by atoms with Crippen molar-refractivity contribution in [2.24, 2.45) is 0 Å². The predicted molar refractivity (Wildman–Crippen MR) is 88.4 cm³/mol. The van der Waals surface area contributed by atoms with Crippen LogP contribution in [0.4, 0.5) is 0 Å². The lowest BCUT2D eigenvalue weighted by Crippen LogP contribution is -2.16. The Morgan fingerprint density at radius 2 is 1.74 bits per heavy atom. The fourth-order valence-corrected chi connectivity index (χ4v) is 2.29. The van der Waals surface area contributed by atoms with Crippen LogP contribution in [-0.4, -0.2) is 25.5 Å². The molecule has 0 radical (unpaired) electrons. The molecule has 0 saturated carbocycles. The summed E-state index contributed by atoms with van der Waals surface area (Å²) in [4.78, 5) is 23.8. The van der Waals surface area contributed by atoms with Crippen molar-refractivity contribution in [2.45, 2.75) is 6.42 Å². The molecular formula is C17H14Cl2O4. The summed E-state index contributed by atoms with van der Waals surface area (Å²) in [5.74, 6) is -0.199. The molecule has 0 saturated heterocycles. The maximum atomic E-state index is 12.0. The number of hydrogen-bond acceptors (Lipinski definition) is 4. The topological polar surface area (TPSA) is 52.6 Å². The molecule has 0 heterocycles. The molecule has 0 aliphatic carbocycles. The van der Waals surface area contributed by atoms with Crippen molar-refractivity contribution in [1.82, 2.24) is 0 Å². The third kappa shape index (κ3) is 4.98. The second-order valence-electron chi connectivity index (χ2n) is 4.73. The minimum absolute atomic E-state index is 0.0700. The lowest BCUT2D eigenvalue weighted by Gasteiger charge is -2.07. The molecule has 0 amide bonds. The number of rotatable bonds is 6. The normalized spacial score (nSPS) is 10.2. The molecule has 6 heteroatoms. The molecule has 0 spiro atoms. The molecule has 120 valence electrons. The predicted octanol–water partition coefficient (Wildman–Crippen LogP) is 3.97. The van der Waals surface area contributed by atoms with Crippen LogP contribution in [0, 0.1) is 0 Å². The average Bonchev–Trinajstić information content (AvgIpc) is 2.55. The minimum atomic E-state index is -0.498. The Morgan fingerprint density at radius 3 is 2.39 bits per heavy atom. The molecular weight excluding hydrogens is 339 g/mol. The first-order chi connectivity index (χ1) is 11.0. The Hall–Kier alpha value is -2.04. The van der Waals surface area contributed by atoms with E-state index in [2.05, 4.69) is 0 Å². The van der Waals surface area contributed by atoms with Gasteiger partial charge in [0.05, 0.1) is 18.6 Å². The molecule has 2 rings (SSSR count). The van der Waals surface area contributed by atoms with Gasteiger partial charge >= 0.3 is 5.97 Å². The molecule has 0 N–H and O–H groups in total. The van der Waals surface area contributed by atoms with E-state index in [-0.39, 0.29) is 23.6 Å². The van der Waals surface area contributed by atoms with Crippen molar-refractivity contribution in [3.8, 4) is 5.75 Å². The number of esters is 1. The fraction of sp³-hybridized carbons (Fsp3) is 0.176. The van der Waals surface area contributed by atoms with E-state index in [9.17, 15) is 9.59 Å². The van der Waals surface area contributed by atoms with E-state index in [1.807, 2.05) is 0 Å². The smallest absolute Gasteiger partial charge is 0.310 e. The molecule has 0 fully saturated rings. The standard InChI is InChI=1S/C17H14Cl2O4/c1-22-13-5-2-11(3-6-13)8-17(21)23-10-16(20)14-9-12(18)4-7-15(14)19/h2-7,9H,8,10H2,1H3. The van der Waals surface area contributed by atoms with Crippen molar-refractivity contribution in [3.63, 3.8) is 0 Å². The fourth-order valence-electron chi connectivity index (χ4n) is 1.90. The van der Waals surface area contributed by atoms with Gasteiger partial charge in [0.15, 0.2) is 6.61 Å². The Bertz CT molecular complexity index is 711. The molecule has 0 aromatic heterocycles. The molecule has 0 unspecified atom stereocenters. The van der Waals surface area contributed by atoms with Crippen LogP contribution in [0.25, 0.3) is 0 Å². The van der Waals surface area contributed by atoms with Crippen LogP contribution >= 0.6 is 23.2 Å². The van der Waals surface area contributed by atoms with Crippen molar-refractivity contribution in [2.75, 3.05) is 13.7 Å². The molecule has 0 aliphatic heterocycles. The first kappa shape index (κ1) is 17.3. The SMILES string of the molecule is COc1ccc(CC(=O)OCC(=O)c2cc(Cl)ccc2Cl)cc1. The number of hydrogen-bond donors (Lipinski definition) is 0. The van der Waals surface area contributed by atoms with Crippen LogP contribution in [0.15, 0.2) is 42.5 Å². The van der Waals surface area contributed by atoms with Gasteiger partial charge in [-0.25, -0.2) is 0 Å². The summed E-state index contributed by atoms with van der Waals surface area (Å²) >= 11 is 11.8. The highest BCUT2D eigenvalue weighted by Gasteiger charge is 2.14. The average molecular weight is 353 g/mol. The van der Waals surface area contributed by atoms with Gasteiger partial charge < -0.3 is 9.47 Å². The summed E-state index contributed by atoms with van der Waals surface area (Å²) in [5, 5.41) is 0.660. The van der Waals surface area contributed by atoms with E-state index in [0.29, 0.717) is 10.8 Å². The van der Waals surface area contributed by atoms with Crippen LogP contribution < -0.4 is 4.74 Å². The van der Waals surface area contributed by atoms with Crippen LogP contribution in [0.1, 0.15) is 15.9 Å². The third-order valence-corrected chi connectivity index (χ3v) is 3.67. The number of halogens is 2. The number of ketones is 1. The Labute approximate surface area is 143 Å². The Morgan fingerprint density at radius 1 is 1.04 bits per heavy atom. The van der Waals surface area contributed by atoms with Crippen molar-refractivity contribution in [3.05, 3.63) is 63.6 Å². The van der Waals surface area contributed by atoms with E-state index in [1.165, 1.54) is 12.1 Å². The van der Waals surface area contributed by atoms with E-state index in [1.54, 1.807) is 37.4 Å². The van der Waals surface area contributed by atoms with E-state index in [0.717, 1.165) is 5.56 Å². The Kier molecular flexibility index (Phi) is 6.02. The van der Waals surface area contributed by atoms with Gasteiger partial charge in [-0.3, -0.25) is 9.59 Å². The molecule has 0 atom stereocenters. The number of ether oxygens (including phenoxy) is 2. The van der Waals surface area contributed by atoms with E-state index >= 15 is 0 Å². The van der Waals surface area contributed by atoms with Crippen LogP contribution in [0.2, 0.25) is 10.0 Å². The largest absolute Gasteiger partial charge is 0.497 e. The first-order valence-corrected chi connectivity index (χ1v) is 7.52. The van der Waals surface area contributed by atoms with E-state index < -0.39 is 11.8 Å². The maximum absolute atomic E-state index is 12.0. The lowest BCUT2D eigenvalue weighted by molar-refractivity contribution is -0.141. The number of benzene rings is 2. The highest BCUT2D eigenvalue weighted by atomic mass is 35.5. The van der Waals surface area contributed by atoms with Crippen molar-refractivity contribution >= 4 is 35.0 Å². The highest BCUT2D eigenvalue weighted by Crippen LogP contribution is 2.21. The number of methoxy groups -OCH3 is 1. The maximum Gasteiger partial charge on any atom is 0.310 e. The van der Waals surface area contributed by atoms with Gasteiger partial charge in [-0.2, -0.15) is 0 Å². The lowest BCUT2D eigenvalue weighted by atomic mass is 10.1. The molecule has 2 aromatic rings. The van der Waals surface area contributed by atoms with Crippen molar-refractivity contribution in [1.29, 1.82) is 0 Å². The second kappa shape index (κ2) is 7.99. The van der Waals surface area contributed by atoms with Gasteiger partial charge in [0.2, 0.25) is 5.78 Å². The molecule has 0 bridgehead atoms. The van der Waals surface area contributed by atoms with Gasteiger partial charge in [-0.15, -0.1) is 0 Å². The summed E-state index contributed by atoms with van der Waals surface area (Å²) in [5.41, 5.74) is 1.00. The number of carbonyl (C=O) groups excluding carboxylic acids is 2. The van der Waals surface area contributed by atoms with Gasteiger partial charge in [0.25, 0.3) is 0 Å². The Balaban J connectivity index is 1.90. The molecule has 2 aromatic carbocycles. The monoisotopic (exact) mass is 352 g/mol. The van der Waals surface area contributed by atoms with E-state index in [4.69, 9.17) is 32.7 Å². The molecule has 4 nitrogen and oxygen atoms in total. The summed E-state index contributed by atoms with van der Waals surface area (Å²) in [7, 11) is 1.57. The summed E-state index contributed by atoms with van der Waals surface area (Å²) in [6, 6.07) is 11.6. The zero-order valence-electron chi connectivity index (χ0n) is 12.3. The summed E-state index contributed by atoms with van der Waals surface area (Å²) < 4.78 is 10.0. The van der Waals surface area contributed by atoms with Gasteiger partial charge in [0.1, 0.15) is 5.75 Å². The zero-order valence-corrected chi connectivity index (χ0v) is 13.9. The summed E-state index contributed by atoms with van der Waals surface area (Å²) in [6.45, 7) is -0.380. The highest BCUT2D eigenvalue weighted by molar-refractivity contribution is 6.36. The quantitative estimate of drug-likeness (QED) is 0.583. The summed E-state index contributed by atoms with van der Waals surface area (Å²) in [6.07, 6.45) is 0.0700. The number of carbonyl (C=O) groups is 2. The van der Waals surface area contributed by atoms with Gasteiger partial charge in [-0.05, 0) is 35.9 Å². The first-order valence-electron chi connectivity index (χ1n) is 6.76. The van der Waals surface area contributed by atoms with Gasteiger partial charge in [-0.1, -0.05) is 35.3 Å².